The van der Waals surface area contributed by atoms with Gasteiger partial charge in [0.1, 0.15) is 5.82 Å². The number of anilines is 1. The number of carbonyl (C=O) groups excluding carboxylic acids is 1. The molecule has 0 unspecified atom stereocenters. The molecule has 0 atom stereocenters. The van der Waals surface area contributed by atoms with Crippen LogP contribution in [-0.2, 0) is 20.9 Å². The highest BCUT2D eigenvalue weighted by Gasteiger charge is 2.08. The quantitative estimate of drug-likeness (QED) is 0.617. The standard InChI is InChI=1S/C16H16BrFN2O.C2H2O4/c1-20(10-12-4-2-6-14(18)8-12)11-16(21)19-15-7-3-5-13(17)9-15;3-1(4)2(5)6/h2-9H,10-11H2,1H3,(H,19,21);(H,3,4)(H,5,6). The van der Waals surface area contributed by atoms with Crippen LogP contribution in [0, 0.1) is 5.82 Å². The first-order valence-electron chi connectivity index (χ1n) is 7.62. The number of hydrogen-bond donors (Lipinski definition) is 3. The van der Waals surface area contributed by atoms with Crippen molar-refractivity contribution in [3.63, 3.8) is 0 Å². The monoisotopic (exact) mass is 440 g/mol. The van der Waals surface area contributed by atoms with Gasteiger partial charge in [0, 0.05) is 16.7 Å². The fourth-order valence-corrected chi connectivity index (χ4v) is 2.41. The summed E-state index contributed by atoms with van der Waals surface area (Å²) in [5, 5.41) is 17.6. The first-order chi connectivity index (χ1) is 12.7. The minimum atomic E-state index is -1.82. The van der Waals surface area contributed by atoms with Crippen LogP contribution in [-0.4, -0.2) is 46.6 Å². The Morgan fingerprint density at radius 1 is 1.07 bits per heavy atom. The maximum atomic E-state index is 13.1. The molecule has 7 nitrogen and oxygen atoms in total. The zero-order chi connectivity index (χ0) is 20.4. The summed E-state index contributed by atoms with van der Waals surface area (Å²) in [6.07, 6.45) is 0. The summed E-state index contributed by atoms with van der Waals surface area (Å²) in [4.78, 5) is 32.0. The molecule has 0 spiro atoms. The number of benzene rings is 2. The highest BCUT2D eigenvalue weighted by molar-refractivity contribution is 9.10. The molecule has 0 heterocycles. The Morgan fingerprint density at radius 3 is 2.26 bits per heavy atom. The normalized spacial score (nSPS) is 9.93. The van der Waals surface area contributed by atoms with Gasteiger partial charge in [0.05, 0.1) is 6.54 Å². The van der Waals surface area contributed by atoms with Gasteiger partial charge in [-0.2, -0.15) is 0 Å². The molecule has 2 rings (SSSR count). The number of likely N-dealkylation sites (N-methyl/N-ethyl adjacent to an activating group) is 1. The number of nitrogens with one attached hydrogen (secondary N) is 1. The number of carboxylic acid groups (broad SMARTS) is 2. The largest absolute Gasteiger partial charge is 0.473 e. The van der Waals surface area contributed by atoms with Crippen LogP contribution in [0.15, 0.2) is 53.0 Å². The van der Waals surface area contributed by atoms with E-state index < -0.39 is 11.9 Å². The molecule has 3 N–H and O–H groups in total. The van der Waals surface area contributed by atoms with Crippen molar-refractivity contribution in [3.05, 3.63) is 64.4 Å². The fourth-order valence-electron chi connectivity index (χ4n) is 2.01. The zero-order valence-corrected chi connectivity index (χ0v) is 15.9. The summed E-state index contributed by atoms with van der Waals surface area (Å²) < 4.78 is 14.0. The van der Waals surface area contributed by atoms with Gasteiger partial charge in [-0.15, -0.1) is 0 Å². The van der Waals surface area contributed by atoms with Gasteiger partial charge in [0.25, 0.3) is 0 Å². The van der Waals surface area contributed by atoms with Crippen LogP contribution in [0.2, 0.25) is 0 Å². The highest BCUT2D eigenvalue weighted by atomic mass is 79.9. The minimum Gasteiger partial charge on any atom is -0.473 e. The molecule has 0 aliphatic heterocycles. The lowest BCUT2D eigenvalue weighted by Gasteiger charge is -2.16. The number of nitrogens with zero attached hydrogens (tertiary/aromatic N) is 1. The second-order valence-corrected chi connectivity index (χ2v) is 6.39. The molecule has 0 aliphatic carbocycles. The highest BCUT2D eigenvalue weighted by Crippen LogP contribution is 2.15. The summed E-state index contributed by atoms with van der Waals surface area (Å²) in [5.74, 6) is -4.02. The summed E-state index contributed by atoms with van der Waals surface area (Å²) in [6.45, 7) is 0.757. The topological polar surface area (TPSA) is 107 Å². The van der Waals surface area contributed by atoms with E-state index in [1.807, 2.05) is 42.3 Å². The van der Waals surface area contributed by atoms with Gasteiger partial charge in [-0.3, -0.25) is 9.69 Å². The summed E-state index contributed by atoms with van der Waals surface area (Å²) >= 11 is 3.36. The Labute approximate surface area is 163 Å². The lowest BCUT2D eigenvalue weighted by atomic mass is 10.2. The summed E-state index contributed by atoms with van der Waals surface area (Å²) in [5.41, 5.74) is 1.58. The Kier molecular flexibility index (Phi) is 9.11. The third-order valence-corrected chi connectivity index (χ3v) is 3.54. The maximum Gasteiger partial charge on any atom is 0.414 e. The maximum absolute atomic E-state index is 13.1. The molecular weight excluding hydrogens is 423 g/mol. The van der Waals surface area contributed by atoms with E-state index in [2.05, 4.69) is 21.2 Å². The minimum absolute atomic E-state index is 0.105. The average molecular weight is 441 g/mol. The van der Waals surface area contributed by atoms with Crippen LogP contribution in [0.5, 0.6) is 0 Å². The number of amides is 1. The molecule has 144 valence electrons. The predicted octanol–water partition coefficient (Wildman–Crippen LogP) is 2.81. The second kappa shape index (κ2) is 11.0. The smallest absolute Gasteiger partial charge is 0.414 e. The van der Waals surface area contributed by atoms with Crippen molar-refractivity contribution >= 4 is 39.5 Å². The fraction of sp³-hybridized carbons (Fsp3) is 0.167. The van der Waals surface area contributed by atoms with E-state index in [4.69, 9.17) is 19.8 Å². The van der Waals surface area contributed by atoms with E-state index in [0.717, 1.165) is 15.7 Å². The van der Waals surface area contributed by atoms with Gasteiger partial charge in [-0.05, 0) is 42.9 Å². The molecule has 0 saturated carbocycles. The van der Waals surface area contributed by atoms with Gasteiger partial charge in [-0.1, -0.05) is 34.1 Å². The number of carbonyl (C=O) groups is 3. The molecule has 1 amide bonds. The van der Waals surface area contributed by atoms with Gasteiger partial charge in [-0.25, -0.2) is 14.0 Å². The third kappa shape index (κ3) is 9.47. The SMILES string of the molecule is CN(CC(=O)Nc1cccc(Br)c1)Cc1cccc(F)c1.O=C(O)C(=O)O. The molecule has 0 saturated heterocycles. The molecular formula is C18H18BrFN2O5. The number of aliphatic carboxylic acids is 2. The molecule has 0 fully saturated rings. The molecule has 0 aliphatic rings. The lowest BCUT2D eigenvalue weighted by Crippen LogP contribution is -2.29. The van der Waals surface area contributed by atoms with Crippen LogP contribution in [0.4, 0.5) is 10.1 Å². The van der Waals surface area contributed by atoms with Crippen LogP contribution in [0.1, 0.15) is 5.56 Å². The predicted molar refractivity (Wildman–Crippen MR) is 101 cm³/mol. The number of rotatable bonds is 5. The van der Waals surface area contributed by atoms with Gasteiger partial charge in [0.15, 0.2) is 0 Å². The van der Waals surface area contributed by atoms with E-state index in [9.17, 15) is 9.18 Å². The van der Waals surface area contributed by atoms with Gasteiger partial charge < -0.3 is 15.5 Å². The molecule has 2 aromatic carbocycles. The van der Waals surface area contributed by atoms with Crippen LogP contribution in [0.25, 0.3) is 0 Å². The Hall–Kier alpha value is -2.78. The molecule has 0 bridgehead atoms. The second-order valence-electron chi connectivity index (χ2n) is 5.47. The van der Waals surface area contributed by atoms with Crippen molar-refractivity contribution < 1.29 is 29.0 Å². The molecule has 27 heavy (non-hydrogen) atoms. The average Bonchev–Trinajstić information content (AvgIpc) is 2.54. The van der Waals surface area contributed by atoms with Crippen molar-refractivity contribution in [3.8, 4) is 0 Å². The van der Waals surface area contributed by atoms with Crippen molar-refractivity contribution in [2.75, 3.05) is 18.9 Å². The van der Waals surface area contributed by atoms with E-state index in [1.54, 1.807) is 6.07 Å². The van der Waals surface area contributed by atoms with Gasteiger partial charge >= 0.3 is 11.9 Å². The lowest BCUT2D eigenvalue weighted by molar-refractivity contribution is -0.159. The van der Waals surface area contributed by atoms with Crippen molar-refractivity contribution in [1.82, 2.24) is 4.90 Å². The van der Waals surface area contributed by atoms with E-state index in [0.29, 0.717) is 6.54 Å². The van der Waals surface area contributed by atoms with E-state index in [-0.39, 0.29) is 18.3 Å². The molecule has 2 aromatic rings. The number of hydrogen-bond acceptors (Lipinski definition) is 4. The number of carboxylic acids is 2. The molecule has 0 aromatic heterocycles. The van der Waals surface area contributed by atoms with Crippen molar-refractivity contribution in [2.24, 2.45) is 0 Å². The molecule has 9 heteroatoms. The Balaban J connectivity index is 0.000000527. The van der Waals surface area contributed by atoms with E-state index >= 15 is 0 Å². The summed E-state index contributed by atoms with van der Waals surface area (Å²) in [7, 11) is 1.82. The first kappa shape index (κ1) is 22.3. The van der Waals surface area contributed by atoms with Crippen molar-refractivity contribution in [2.45, 2.75) is 6.54 Å². The van der Waals surface area contributed by atoms with Crippen LogP contribution in [0.3, 0.4) is 0 Å². The summed E-state index contributed by atoms with van der Waals surface area (Å²) in [6, 6.07) is 13.8. The third-order valence-electron chi connectivity index (χ3n) is 3.05. The first-order valence-corrected chi connectivity index (χ1v) is 8.41. The molecule has 0 radical (unpaired) electrons. The van der Waals surface area contributed by atoms with E-state index in [1.165, 1.54) is 12.1 Å². The van der Waals surface area contributed by atoms with Gasteiger partial charge in [0.2, 0.25) is 5.91 Å². The Bertz CT molecular complexity index is 804. The van der Waals surface area contributed by atoms with Crippen LogP contribution >= 0.6 is 15.9 Å². The number of halogens is 2. The Morgan fingerprint density at radius 2 is 1.70 bits per heavy atom. The van der Waals surface area contributed by atoms with Crippen LogP contribution < -0.4 is 5.32 Å². The zero-order valence-electron chi connectivity index (χ0n) is 14.4. The van der Waals surface area contributed by atoms with Crippen molar-refractivity contribution in [1.29, 1.82) is 0 Å².